The summed E-state index contributed by atoms with van der Waals surface area (Å²) in [5.41, 5.74) is 5.35. The highest BCUT2D eigenvalue weighted by Crippen LogP contribution is 2.12. The van der Waals surface area contributed by atoms with Gasteiger partial charge in [-0.05, 0) is 0 Å². The first kappa shape index (κ1) is 7.76. The largest absolute Gasteiger partial charge is 0.375 e. The van der Waals surface area contributed by atoms with Crippen LogP contribution in [-0.4, -0.2) is 11.3 Å². The van der Waals surface area contributed by atoms with E-state index in [1.165, 1.54) is 11.3 Å². The van der Waals surface area contributed by atoms with Gasteiger partial charge in [0.15, 0.2) is 5.13 Å². The van der Waals surface area contributed by atoms with Gasteiger partial charge in [-0.2, -0.15) is 0 Å². The molecule has 0 bridgehead atoms. The standard InChI is InChI=1S/C7H6N2OS/c8-7-9-5-6(11-7)3-1-2-4-10/h4-5H,2H2,(H2,8,9). The Bertz CT molecular complexity index is 308. The maximum atomic E-state index is 9.86. The predicted molar refractivity (Wildman–Crippen MR) is 44.1 cm³/mol. The molecule has 56 valence electrons. The first-order valence-electron chi connectivity index (χ1n) is 2.96. The number of carbonyl (C=O) groups excluding carboxylic acids is 1. The van der Waals surface area contributed by atoms with Gasteiger partial charge in [0.25, 0.3) is 0 Å². The molecule has 0 unspecified atom stereocenters. The van der Waals surface area contributed by atoms with E-state index in [2.05, 4.69) is 16.8 Å². The number of nitrogen functional groups attached to an aromatic ring is 1. The van der Waals surface area contributed by atoms with E-state index in [0.717, 1.165) is 11.2 Å². The maximum Gasteiger partial charge on any atom is 0.181 e. The molecule has 1 aromatic heterocycles. The quantitative estimate of drug-likeness (QED) is 0.492. The summed E-state index contributed by atoms with van der Waals surface area (Å²) in [5, 5.41) is 0.500. The van der Waals surface area contributed by atoms with Gasteiger partial charge >= 0.3 is 0 Å². The molecular weight excluding hydrogens is 160 g/mol. The summed E-state index contributed by atoms with van der Waals surface area (Å²) in [5.74, 6) is 5.42. The fourth-order valence-corrected chi connectivity index (χ4v) is 1.08. The van der Waals surface area contributed by atoms with Gasteiger partial charge in [0.2, 0.25) is 0 Å². The van der Waals surface area contributed by atoms with Gasteiger partial charge in [0, 0.05) is 0 Å². The first-order chi connectivity index (χ1) is 5.33. The highest BCUT2D eigenvalue weighted by Gasteiger charge is 1.91. The van der Waals surface area contributed by atoms with Gasteiger partial charge in [-0.15, -0.1) is 0 Å². The fraction of sp³-hybridized carbons (Fsp3) is 0.143. The number of hydrogen-bond donors (Lipinski definition) is 1. The molecule has 0 spiro atoms. The lowest BCUT2D eigenvalue weighted by atomic mass is 10.4. The zero-order valence-corrected chi connectivity index (χ0v) is 6.52. The number of aromatic nitrogens is 1. The second-order valence-corrected chi connectivity index (χ2v) is 2.80. The summed E-state index contributed by atoms with van der Waals surface area (Å²) in [6.45, 7) is 0. The average Bonchev–Trinajstić information content (AvgIpc) is 2.37. The van der Waals surface area contributed by atoms with E-state index in [1.54, 1.807) is 6.20 Å². The van der Waals surface area contributed by atoms with E-state index in [9.17, 15) is 4.79 Å². The van der Waals surface area contributed by atoms with E-state index in [-0.39, 0.29) is 6.42 Å². The Hall–Kier alpha value is -1.34. The van der Waals surface area contributed by atoms with E-state index in [4.69, 9.17) is 5.73 Å². The molecule has 0 aliphatic heterocycles. The zero-order chi connectivity index (χ0) is 8.10. The van der Waals surface area contributed by atoms with Crippen molar-refractivity contribution in [3.8, 4) is 11.8 Å². The molecule has 0 aliphatic rings. The Kier molecular flexibility index (Phi) is 2.64. The van der Waals surface area contributed by atoms with Crippen LogP contribution in [0.5, 0.6) is 0 Å². The third-order valence-corrected chi connectivity index (χ3v) is 1.66. The molecule has 11 heavy (non-hydrogen) atoms. The molecule has 3 nitrogen and oxygen atoms in total. The van der Waals surface area contributed by atoms with Gasteiger partial charge in [-0.3, -0.25) is 0 Å². The van der Waals surface area contributed by atoms with Crippen molar-refractivity contribution in [2.45, 2.75) is 6.42 Å². The maximum absolute atomic E-state index is 9.86. The van der Waals surface area contributed by atoms with E-state index < -0.39 is 0 Å². The minimum atomic E-state index is 0.262. The lowest BCUT2D eigenvalue weighted by molar-refractivity contribution is -0.107. The Morgan fingerprint density at radius 3 is 3.18 bits per heavy atom. The van der Waals surface area contributed by atoms with Crippen LogP contribution in [0, 0.1) is 11.8 Å². The molecule has 0 aromatic carbocycles. The molecule has 0 aliphatic carbocycles. The highest BCUT2D eigenvalue weighted by atomic mass is 32.1. The average molecular weight is 166 g/mol. The van der Waals surface area contributed by atoms with Crippen LogP contribution in [-0.2, 0) is 4.79 Å². The van der Waals surface area contributed by atoms with Crippen LogP contribution in [0.1, 0.15) is 11.3 Å². The number of anilines is 1. The molecule has 2 N–H and O–H groups in total. The van der Waals surface area contributed by atoms with Crippen molar-refractivity contribution in [1.29, 1.82) is 0 Å². The lowest BCUT2D eigenvalue weighted by Gasteiger charge is -1.73. The van der Waals surface area contributed by atoms with Crippen molar-refractivity contribution in [1.82, 2.24) is 4.98 Å². The molecule has 0 atom stereocenters. The smallest absolute Gasteiger partial charge is 0.181 e. The number of hydrogen-bond acceptors (Lipinski definition) is 4. The van der Waals surface area contributed by atoms with Crippen molar-refractivity contribution in [2.75, 3.05) is 5.73 Å². The number of nitrogens with zero attached hydrogens (tertiary/aromatic N) is 1. The summed E-state index contributed by atoms with van der Waals surface area (Å²) in [7, 11) is 0. The summed E-state index contributed by atoms with van der Waals surface area (Å²) in [6.07, 6.45) is 2.62. The Balaban J connectivity index is 2.65. The Morgan fingerprint density at radius 1 is 1.82 bits per heavy atom. The van der Waals surface area contributed by atoms with Crippen molar-refractivity contribution in [2.24, 2.45) is 0 Å². The van der Waals surface area contributed by atoms with Crippen LogP contribution >= 0.6 is 11.3 Å². The number of carbonyl (C=O) groups is 1. The van der Waals surface area contributed by atoms with E-state index in [0.29, 0.717) is 5.13 Å². The second kappa shape index (κ2) is 3.74. The molecule has 1 aromatic rings. The van der Waals surface area contributed by atoms with Crippen molar-refractivity contribution < 1.29 is 4.79 Å². The van der Waals surface area contributed by atoms with Crippen LogP contribution in [0.3, 0.4) is 0 Å². The first-order valence-corrected chi connectivity index (χ1v) is 3.78. The minimum absolute atomic E-state index is 0.262. The lowest BCUT2D eigenvalue weighted by Crippen LogP contribution is -1.77. The van der Waals surface area contributed by atoms with Crippen LogP contribution in [0.4, 0.5) is 5.13 Å². The molecule has 0 saturated heterocycles. The van der Waals surface area contributed by atoms with Gasteiger partial charge in [-0.25, -0.2) is 4.98 Å². The van der Waals surface area contributed by atoms with Crippen molar-refractivity contribution >= 4 is 22.8 Å². The van der Waals surface area contributed by atoms with E-state index >= 15 is 0 Å². The SMILES string of the molecule is Nc1ncc(C#CCC=O)s1. The topological polar surface area (TPSA) is 56.0 Å². The van der Waals surface area contributed by atoms with Gasteiger partial charge < -0.3 is 10.5 Å². The summed E-state index contributed by atoms with van der Waals surface area (Å²) >= 11 is 1.32. The third-order valence-electron chi connectivity index (χ3n) is 0.921. The van der Waals surface area contributed by atoms with Crippen LogP contribution in [0.15, 0.2) is 6.20 Å². The van der Waals surface area contributed by atoms with E-state index in [1.807, 2.05) is 0 Å². The molecule has 4 heteroatoms. The molecule has 0 fully saturated rings. The normalized spacial score (nSPS) is 8.36. The molecule has 1 rings (SSSR count). The molecular formula is C7H6N2OS. The van der Waals surface area contributed by atoms with Crippen LogP contribution < -0.4 is 5.73 Å². The second-order valence-electron chi connectivity index (χ2n) is 1.74. The van der Waals surface area contributed by atoms with Crippen molar-refractivity contribution in [3.63, 3.8) is 0 Å². The molecule has 1 heterocycles. The van der Waals surface area contributed by atoms with Crippen molar-refractivity contribution in [3.05, 3.63) is 11.1 Å². The molecule has 0 radical (unpaired) electrons. The molecule has 0 saturated carbocycles. The predicted octanol–water partition coefficient (Wildman–Crippen LogP) is 0.666. The number of thiazole rings is 1. The van der Waals surface area contributed by atoms with Gasteiger partial charge in [0.05, 0.1) is 17.5 Å². The Morgan fingerprint density at radius 2 is 2.64 bits per heavy atom. The van der Waals surface area contributed by atoms with Crippen LogP contribution in [0.2, 0.25) is 0 Å². The summed E-state index contributed by atoms with van der Waals surface area (Å²) in [6, 6.07) is 0. The fourth-order valence-electron chi connectivity index (χ4n) is 0.525. The summed E-state index contributed by atoms with van der Waals surface area (Å²) in [4.78, 5) is 14.5. The zero-order valence-electron chi connectivity index (χ0n) is 5.70. The Labute approximate surface area is 68.3 Å². The van der Waals surface area contributed by atoms with Crippen LogP contribution in [0.25, 0.3) is 0 Å². The number of rotatable bonds is 1. The van der Waals surface area contributed by atoms with Gasteiger partial charge in [-0.1, -0.05) is 23.2 Å². The highest BCUT2D eigenvalue weighted by molar-refractivity contribution is 7.15. The minimum Gasteiger partial charge on any atom is -0.375 e. The summed E-state index contributed by atoms with van der Waals surface area (Å²) < 4.78 is 0. The number of aldehydes is 1. The third kappa shape index (κ3) is 2.40. The monoisotopic (exact) mass is 166 g/mol. The van der Waals surface area contributed by atoms with Gasteiger partial charge in [0.1, 0.15) is 6.29 Å². The number of nitrogens with two attached hydrogens (primary N) is 1. The molecule has 0 amide bonds.